The van der Waals surface area contributed by atoms with Crippen molar-refractivity contribution in [3.05, 3.63) is 35.4 Å². The lowest BCUT2D eigenvalue weighted by Gasteiger charge is -2.19. The molecule has 0 aliphatic heterocycles. The summed E-state index contributed by atoms with van der Waals surface area (Å²) in [5.41, 5.74) is 1.15. The van der Waals surface area contributed by atoms with Gasteiger partial charge < -0.3 is 0 Å². The molecule has 0 saturated carbocycles. The van der Waals surface area contributed by atoms with E-state index < -0.39 is 30.0 Å². The van der Waals surface area contributed by atoms with Crippen LogP contribution in [0.4, 0.5) is 0 Å². The fourth-order valence-electron chi connectivity index (χ4n) is 2.88. The van der Waals surface area contributed by atoms with Gasteiger partial charge >= 0.3 is 0 Å². The summed E-state index contributed by atoms with van der Waals surface area (Å²) in [6.45, 7) is 7.32. The third-order valence-electron chi connectivity index (χ3n) is 3.93. The van der Waals surface area contributed by atoms with Crippen LogP contribution < -0.4 is 0 Å². The van der Waals surface area contributed by atoms with Crippen molar-refractivity contribution in [2.45, 2.75) is 49.3 Å². The van der Waals surface area contributed by atoms with Gasteiger partial charge in [-0.25, -0.2) is 0 Å². The lowest BCUT2D eigenvalue weighted by atomic mass is 9.90. The van der Waals surface area contributed by atoms with Gasteiger partial charge in [-0.05, 0) is 34.4 Å². The molecular formula is C16H20O6S2. The van der Waals surface area contributed by atoms with E-state index in [1.165, 1.54) is 0 Å². The van der Waals surface area contributed by atoms with Gasteiger partial charge in [-0.2, -0.15) is 16.8 Å². The van der Waals surface area contributed by atoms with Crippen molar-refractivity contribution in [1.29, 1.82) is 0 Å². The highest BCUT2D eigenvalue weighted by molar-refractivity contribution is 7.89. The van der Waals surface area contributed by atoms with Crippen molar-refractivity contribution >= 4 is 31.0 Å². The molecular weight excluding hydrogens is 352 g/mol. The molecule has 0 aliphatic rings. The summed E-state index contributed by atoms with van der Waals surface area (Å²) in [5.74, 6) is -0.239. The van der Waals surface area contributed by atoms with Gasteiger partial charge in [0.1, 0.15) is 9.79 Å². The van der Waals surface area contributed by atoms with Crippen LogP contribution in [-0.4, -0.2) is 25.9 Å². The Kier molecular flexibility index (Phi) is 4.80. The van der Waals surface area contributed by atoms with Crippen LogP contribution in [0.25, 0.3) is 10.8 Å². The van der Waals surface area contributed by atoms with Crippen LogP contribution in [0.5, 0.6) is 0 Å². The normalized spacial score (nSPS) is 13.2. The zero-order valence-corrected chi connectivity index (χ0v) is 15.4. The minimum absolute atomic E-state index is 0.120. The van der Waals surface area contributed by atoms with Crippen LogP contribution in [0.2, 0.25) is 0 Å². The van der Waals surface area contributed by atoms with Crippen LogP contribution >= 0.6 is 0 Å². The van der Waals surface area contributed by atoms with E-state index in [0.29, 0.717) is 16.5 Å². The quantitative estimate of drug-likeness (QED) is 0.794. The Morgan fingerprint density at radius 1 is 0.833 bits per heavy atom. The molecule has 0 heterocycles. The first-order chi connectivity index (χ1) is 10.9. The second kappa shape index (κ2) is 6.11. The summed E-state index contributed by atoms with van der Waals surface area (Å²) >= 11 is 0. The van der Waals surface area contributed by atoms with Gasteiger partial charge in [0.25, 0.3) is 20.2 Å². The summed E-state index contributed by atoms with van der Waals surface area (Å²) in [6, 6.07) is 6.23. The van der Waals surface area contributed by atoms with Crippen molar-refractivity contribution in [2.75, 3.05) is 0 Å². The zero-order chi connectivity index (χ0) is 18.4. The Morgan fingerprint density at radius 3 is 1.79 bits per heavy atom. The highest BCUT2D eigenvalue weighted by atomic mass is 32.2. The highest BCUT2D eigenvalue weighted by Gasteiger charge is 2.30. The molecule has 2 aromatic rings. The fourth-order valence-corrected chi connectivity index (χ4v) is 4.92. The third kappa shape index (κ3) is 3.32. The second-order valence-corrected chi connectivity index (χ2v) is 9.07. The molecule has 0 radical (unpaired) electrons. The van der Waals surface area contributed by atoms with Crippen LogP contribution in [0.15, 0.2) is 34.1 Å². The molecule has 0 atom stereocenters. The van der Waals surface area contributed by atoms with Crippen LogP contribution in [0.1, 0.15) is 50.7 Å². The van der Waals surface area contributed by atoms with Gasteiger partial charge in [0.2, 0.25) is 0 Å². The topological polar surface area (TPSA) is 109 Å². The first-order valence-electron chi connectivity index (χ1n) is 7.40. The summed E-state index contributed by atoms with van der Waals surface area (Å²) in [4.78, 5) is -1.57. The van der Waals surface area contributed by atoms with Crippen molar-refractivity contribution in [1.82, 2.24) is 0 Å². The smallest absolute Gasteiger partial charge is 0.282 e. The number of benzene rings is 2. The second-order valence-electron chi connectivity index (χ2n) is 6.32. The van der Waals surface area contributed by atoms with E-state index in [1.807, 2.05) is 27.7 Å². The summed E-state index contributed by atoms with van der Waals surface area (Å²) in [5, 5.41) is 0.671. The van der Waals surface area contributed by atoms with E-state index in [-0.39, 0.29) is 17.2 Å². The maximum atomic E-state index is 12.0. The minimum atomic E-state index is -4.88. The Balaban J connectivity index is 3.28. The summed E-state index contributed by atoms with van der Waals surface area (Å²) in [7, 11) is -9.73. The van der Waals surface area contributed by atoms with Crippen LogP contribution in [0.3, 0.4) is 0 Å². The molecule has 2 N–H and O–H groups in total. The van der Waals surface area contributed by atoms with E-state index in [1.54, 1.807) is 18.2 Å². The maximum absolute atomic E-state index is 12.0. The molecule has 132 valence electrons. The molecule has 0 bridgehead atoms. The fraction of sp³-hybridized carbons (Fsp3) is 0.375. The number of rotatable bonds is 4. The molecule has 2 aromatic carbocycles. The van der Waals surface area contributed by atoms with Gasteiger partial charge in [0.15, 0.2) is 0 Å². The van der Waals surface area contributed by atoms with Crippen molar-refractivity contribution in [3.63, 3.8) is 0 Å². The zero-order valence-electron chi connectivity index (χ0n) is 13.8. The monoisotopic (exact) mass is 372 g/mol. The van der Waals surface area contributed by atoms with E-state index in [4.69, 9.17) is 0 Å². The highest BCUT2D eigenvalue weighted by Crippen LogP contribution is 2.39. The van der Waals surface area contributed by atoms with Gasteiger partial charge in [0, 0.05) is 5.39 Å². The molecule has 6 nitrogen and oxygen atoms in total. The summed E-state index contributed by atoms with van der Waals surface area (Å²) < 4.78 is 66.6. The molecule has 0 aromatic heterocycles. The van der Waals surface area contributed by atoms with Gasteiger partial charge in [-0.1, -0.05) is 45.9 Å². The van der Waals surface area contributed by atoms with E-state index in [0.717, 1.165) is 6.07 Å². The standard InChI is InChI=1S/C16H20O6S2/c1-9(2)11-6-5-7-12-13(10(3)4)8-14(23(17,18)19)16(15(11)12)24(20,21)22/h5-10H,1-4H3,(H,17,18,19)(H,20,21,22). The van der Waals surface area contributed by atoms with E-state index in [2.05, 4.69) is 0 Å². The first kappa shape index (κ1) is 18.9. The Labute approximate surface area is 142 Å². The molecule has 2 rings (SSSR count). The summed E-state index contributed by atoms with van der Waals surface area (Å²) in [6.07, 6.45) is 0. The lowest BCUT2D eigenvalue weighted by Crippen LogP contribution is -2.12. The maximum Gasteiger partial charge on any atom is 0.296 e. The Hall–Kier alpha value is -1.48. The van der Waals surface area contributed by atoms with Gasteiger partial charge in [-0.15, -0.1) is 0 Å². The molecule has 0 saturated heterocycles. The number of hydrogen-bond donors (Lipinski definition) is 2. The van der Waals surface area contributed by atoms with Crippen molar-refractivity contribution in [3.8, 4) is 0 Å². The first-order valence-corrected chi connectivity index (χ1v) is 10.3. The molecule has 8 heteroatoms. The largest absolute Gasteiger partial charge is 0.296 e. The van der Waals surface area contributed by atoms with Crippen molar-refractivity contribution < 1.29 is 25.9 Å². The average molecular weight is 372 g/mol. The number of hydrogen-bond acceptors (Lipinski definition) is 4. The Morgan fingerprint density at radius 2 is 1.38 bits per heavy atom. The average Bonchev–Trinajstić information content (AvgIpc) is 2.42. The lowest BCUT2D eigenvalue weighted by molar-refractivity contribution is 0.467. The molecule has 0 amide bonds. The SMILES string of the molecule is CC(C)c1cc(S(=O)(=O)O)c(S(=O)(=O)O)c2c(C(C)C)cccc12. The third-order valence-corrected chi connectivity index (χ3v) is 5.87. The number of fused-ring (bicyclic) bond motifs is 1. The van der Waals surface area contributed by atoms with Crippen molar-refractivity contribution in [2.24, 2.45) is 0 Å². The minimum Gasteiger partial charge on any atom is -0.282 e. The van der Waals surface area contributed by atoms with Crippen LogP contribution in [0, 0.1) is 0 Å². The Bertz CT molecular complexity index is 997. The predicted molar refractivity (Wildman–Crippen MR) is 91.8 cm³/mol. The van der Waals surface area contributed by atoms with E-state index >= 15 is 0 Å². The molecule has 0 spiro atoms. The molecule has 24 heavy (non-hydrogen) atoms. The van der Waals surface area contributed by atoms with Gasteiger partial charge in [-0.3, -0.25) is 9.11 Å². The molecule has 0 fully saturated rings. The molecule has 0 aliphatic carbocycles. The van der Waals surface area contributed by atoms with Crippen LogP contribution in [-0.2, 0) is 20.2 Å². The molecule has 0 unspecified atom stereocenters. The van der Waals surface area contributed by atoms with E-state index in [9.17, 15) is 25.9 Å². The van der Waals surface area contributed by atoms with Gasteiger partial charge in [0.05, 0.1) is 0 Å². The predicted octanol–water partition coefficient (Wildman–Crippen LogP) is 3.58.